The molecule has 1 heterocycles. The molecular weight excluding hydrogens is 340 g/mol. The highest BCUT2D eigenvalue weighted by Gasteiger charge is 2.31. The number of urea groups is 1. The van der Waals surface area contributed by atoms with E-state index in [4.69, 9.17) is 0 Å². The molecule has 1 aliphatic rings. The van der Waals surface area contributed by atoms with Crippen LogP contribution in [0.25, 0.3) is 0 Å². The average molecular weight is 359 g/mol. The smallest absolute Gasteiger partial charge is 0.319 e. The summed E-state index contributed by atoms with van der Waals surface area (Å²) in [6, 6.07) is 7.93. The van der Waals surface area contributed by atoms with E-state index in [2.05, 4.69) is 10.6 Å². The van der Waals surface area contributed by atoms with Gasteiger partial charge in [0, 0.05) is 30.4 Å². The maximum atomic E-state index is 13.2. The summed E-state index contributed by atoms with van der Waals surface area (Å²) in [7, 11) is 0. The molecule has 0 aliphatic carbocycles. The molecule has 1 fully saturated rings. The molecule has 0 aromatic heterocycles. The summed E-state index contributed by atoms with van der Waals surface area (Å²) in [5.74, 6) is -2.10. The van der Waals surface area contributed by atoms with Gasteiger partial charge in [-0.1, -0.05) is 6.07 Å². The van der Waals surface area contributed by atoms with Gasteiger partial charge in [0.1, 0.15) is 0 Å². The minimum Gasteiger partial charge on any atom is -0.333 e. The molecule has 26 heavy (non-hydrogen) atoms. The number of anilines is 2. The highest BCUT2D eigenvalue weighted by Crippen LogP contribution is 2.24. The molecule has 3 rings (SSSR count). The van der Waals surface area contributed by atoms with Crippen LogP contribution < -0.4 is 15.5 Å². The summed E-state index contributed by atoms with van der Waals surface area (Å²) < 4.78 is 26.1. The quantitative estimate of drug-likeness (QED) is 0.881. The van der Waals surface area contributed by atoms with E-state index in [1.54, 1.807) is 4.90 Å². The van der Waals surface area contributed by atoms with Gasteiger partial charge in [0.15, 0.2) is 11.6 Å². The van der Waals surface area contributed by atoms with Crippen molar-refractivity contribution < 1.29 is 18.4 Å². The van der Waals surface area contributed by atoms with Crippen molar-refractivity contribution in [2.45, 2.75) is 26.3 Å². The molecule has 2 aromatic rings. The Bertz CT molecular complexity index is 870. The van der Waals surface area contributed by atoms with Gasteiger partial charge in [-0.05, 0) is 49.2 Å². The van der Waals surface area contributed by atoms with Gasteiger partial charge in [0.05, 0.1) is 6.04 Å². The lowest BCUT2D eigenvalue weighted by atomic mass is 10.1. The van der Waals surface area contributed by atoms with Crippen LogP contribution in [0.3, 0.4) is 0 Å². The molecule has 2 aromatic carbocycles. The first kappa shape index (κ1) is 17.8. The van der Waals surface area contributed by atoms with Crippen molar-refractivity contribution in [3.8, 4) is 0 Å². The number of hydrogen-bond donors (Lipinski definition) is 2. The molecule has 7 heteroatoms. The van der Waals surface area contributed by atoms with Gasteiger partial charge >= 0.3 is 6.03 Å². The van der Waals surface area contributed by atoms with Crippen molar-refractivity contribution in [2.75, 3.05) is 16.8 Å². The van der Waals surface area contributed by atoms with Crippen LogP contribution in [0.15, 0.2) is 36.4 Å². The van der Waals surface area contributed by atoms with Gasteiger partial charge in [0.25, 0.3) is 0 Å². The fraction of sp³-hybridized carbons (Fsp3) is 0.263. The second-order valence-corrected chi connectivity index (χ2v) is 6.40. The van der Waals surface area contributed by atoms with E-state index in [9.17, 15) is 18.4 Å². The number of rotatable bonds is 3. The Labute approximate surface area is 150 Å². The fourth-order valence-electron chi connectivity index (χ4n) is 2.87. The first-order valence-electron chi connectivity index (χ1n) is 8.23. The van der Waals surface area contributed by atoms with Crippen molar-refractivity contribution >= 4 is 23.3 Å². The first-order valence-corrected chi connectivity index (χ1v) is 8.23. The van der Waals surface area contributed by atoms with E-state index < -0.39 is 17.7 Å². The molecule has 1 atom stereocenters. The number of nitrogens with zero attached hydrogens (tertiary/aromatic N) is 1. The van der Waals surface area contributed by atoms with E-state index in [1.807, 2.05) is 32.0 Å². The third kappa shape index (κ3) is 3.82. The SMILES string of the molecule is Cc1ccc(N2C[C@@H](NC(=O)Nc3ccc(F)c(F)c3)CC2=O)cc1C. The van der Waals surface area contributed by atoms with Gasteiger partial charge in [-0.2, -0.15) is 0 Å². The number of nitrogens with one attached hydrogen (secondary N) is 2. The molecular formula is C19H19F2N3O2. The summed E-state index contributed by atoms with van der Waals surface area (Å²) in [6.45, 7) is 4.33. The van der Waals surface area contributed by atoms with Gasteiger partial charge in [-0.25, -0.2) is 13.6 Å². The van der Waals surface area contributed by atoms with Crippen molar-refractivity contribution in [3.05, 3.63) is 59.2 Å². The topological polar surface area (TPSA) is 61.4 Å². The Kier molecular flexibility index (Phi) is 4.88. The Morgan fingerprint density at radius 2 is 1.85 bits per heavy atom. The van der Waals surface area contributed by atoms with E-state index >= 15 is 0 Å². The lowest BCUT2D eigenvalue weighted by Crippen LogP contribution is -2.39. The first-order chi connectivity index (χ1) is 12.3. The second-order valence-electron chi connectivity index (χ2n) is 6.40. The van der Waals surface area contributed by atoms with Crippen molar-refractivity contribution in [2.24, 2.45) is 0 Å². The number of aryl methyl sites for hydroxylation is 2. The van der Waals surface area contributed by atoms with E-state index in [-0.39, 0.29) is 24.1 Å². The zero-order chi connectivity index (χ0) is 18.8. The highest BCUT2D eigenvalue weighted by atomic mass is 19.2. The molecule has 0 bridgehead atoms. The molecule has 0 saturated carbocycles. The number of benzene rings is 2. The van der Waals surface area contributed by atoms with Crippen LogP contribution >= 0.6 is 0 Å². The third-order valence-electron chi connectivity index (χ3n) is 4.44. The number of amides is 3. The zero-order valence-electron chi connectivity index (χ0n) is 14.5. The van der Waals surface area contributed by atoms with Crippen molar-refractivity contribution in [1.82, 2.24) is 5.32 Å². The molecule has 1 saturated heterocycles. The predicted molar refractivity (Wildman–Crippen MR) is 95.2 cm³/mol. The Hall–Kier alpha value is -2.96. The molecule has 136 valence electrons. The van der Waals surface area contributed by atoms with Crippen LogP contribution in [0.4, 0.5) is 25.0 Å². The van der Waals surface area contributed by atoms with E-state index in [0.717, 1.165) is 28.9 Å². The van der Waals surface area contributed by atoms with Crippen LogP contribution in [-0.2, 0) is 4.79 Å². The lowest BCUT2D eigenvalue weighted by Gasteiger charge is -2.18. The number of carbonyl (C=O) groups is 2. The highest BCUT2D eigenvalue weighted by molar-refractivity contribution is 5.97. The van der Waals surface area contributed by atoms with Gasteiger partial charge in [-0.3, -0.25) is 4.79 Å². The summed E-state index contributed by atoms with van der Waals surface area (Å²) in [5.41, 5.74) is 3.16. The number of halogens is 2. The molecule has 0 unspecified atom stereocenters. The summed E-state index contributed by atoms with van der Waals surface area (Å²) in [4.78, 5) is 25.9. The average Bonchev–Trinajstić information content (AvgIpc) is 2.93. The lowest BCUT2D eigenvalue weighted by molar-refractivity contribution is -0.117. The normalized spacial score (nSPS) is 16.7. The summed E-state index contributed by atoms with van der Waals surface area (Å²) >= 11 is 0. The Balaban J connectivity index is 1.62. The summed E-state index contributed by atoms with van der Waals surface area (Å²) in [5, 5.41) is 5.13. The maximum absolute atomic E-state index is 13.2. The zero-order valence-corrected chi connectivity index (χ0v) is 14.5. The van der Waals surface area contributed by atoms with Crippen molar-refractivity contribution in [1.29, 1.82) is 0 Å². The molecule has 5 nitrogen and oxygen atoms in total. The minimum absolute atomic E-state index is 0.0774. The van der Waals surface area contributed by atoms with Crippen LogP contribution in [-0.4, -0.2) is 24.5 Å². The number of hydrogen-bond acceptors (Lipinski definition) is 2. The monoisotopic (exact) mass is 359 g/mol. The van der Waals surface area contributed by atoms with E-state index in [0.29, 0.717) is 6.54 Å². The minimum atomic E-state index is -1.04. The molecule has 2 N–H and O–H groups in total. The summed E-state index contributed by atoms with van der Waals surface area (Å²) in [6.07, 6.45) is 0.179. The van der Waals surface area contributed by atoms with Crippen LogP contribution in [0, 0.1) is 25.5 Å². The standard InChI is InChI=1S/C19H19F2N3O2/c1-11-3-5-15(7-12(11)2)24-10-14(9-18(24)25)23-19(26)22-13-4-6-16(20)17(21)8-13/h3-8,14H,9-10H2,1-2H3,(H2,22,23,26)/t14-/m0/s1. The molecule has 0 spiro atoms. The van der Waals surface area contributed by atoms with Gasteiger partial charge in [-0.15, -0.1) is 0 Å². The Morgan fingerprint density at radius 1 is 1.08 bits per heavy atom. The molecule has 1 aliphatic heterocycles. The maximum Gasteiger partial charge on any atom is 0.319 e. The predicted octanol–water partition coefficient (Wildman–Crippen LogP) is 3.51. The third-order valence-corrected chi connectivity index (χ3v) is 4.44. The van der Waals surface area contributed by atoms with Crippen LogP contribution in [0.1, 0.15) is 17.5 Å². The van der Waals surface area contributed by atoms with E-state index in [1.165, 1.54) is 6.07 Å². The largest absolute Gasteiger partial charge is 0.333 e. The molecule has 0 radical (unpaired) electrons. The van der Waals surface area contributed by atoms with Crippen LogP contribution in [0.2, 0.25) is 0 Å². The van der Waals surface area contributed by atoms with Gasteiger partial charge in [0.2, 0.25) is 5.91 Å². The van der Waals surface area contributed by atoms with Crippen molar-refractivity contribution in [3.63, 3.8) is 0 Å². The fourth-order valence-corrected chi connectivity index (χ4v) is 2.87. The second kappa shape index (κ2) is 7.11. The van der Waals surface area contributed by atoms with Gasteiger partial charge < -0.3 is 15.5 Å². The van der Waals surface area contributed by atoms with Crippen LogP contribution in [0.5, 0.6) is 0 Å². The Morgan fingerprint density at radius 3 is 2.54 bits per heavy atom. The molecule has 3 amide bonds. The number of carbonyl (C=O) groups excluding carboxylic acids is 2.